The van der Waals surface area contributed by atoms with Crippen molar-refractivity contribution in [1.29, 1.82) is 0 Å². The minimum Gasteiger partial charge on any atom is -0.456 e. The van der Waals surface area contributed by atoms with Crippen LogP contribution in [0.3, 0.4) is 0 Å². The molecular formula is C51H32N2O. The zero-order valence-corrected chi connectivity index (χ0v) is 29.3. The van der Waals surface area contributed by atoms with Crippen LogP contribution in [0.5, 0.6) is 0 Å². The summed E-state index contributed by atoms with van der Waals surface area (Å²) in [5.74, 6) is 0. The number of furan rings is 1. The van der Waals surface area contributed by atoms with Crippen LogP contribution >= 0.6 is 0 Å². The summed E-state index contributed by atoms with van der Waals surface area (Å²) in [5.41, 5.74) is 9.59. The normalized spacial score (nSPS) is 11.7. The maximum atomic E-state index is 6.59. The van der Waals surface area contributed by atoms with Gasteiger partial charge >= 0.3 is 0 Å². The van der Waals surface area contributed by atoms with Gasteiger partial charge in [0.2, 0.25) is 0 Å². The maximum absolute atomic E-state index is 6.59. The van der Waals surface area contributed by atoms with Crippen molar-refractivity contribution in [3.05, 3.63) is 194 Å². The Hall–Kier alpha value is -7.23. The minimum absolute atomic E-state index is 0.845. The van der Waals surface area contributed by atoms with E-state index in [-0.39, 0.29) is 0 Å². The number of aromatic nitrogens is 1. The fourth-order valence-electron chi connectivity index (χ4n) is 8.33. The van der Waals surface area contributed by atoms with Crippen LogP contribution in [-0.2, 0) is 0 Å². The summed E-state index contributed by atoms with van der Waals surface area (Å²) < 4.78 is 6.59. The third-order valence-electron chi connectivity index (χ3n) is 10.9. The average Bonchev–Trinajstić information content (AvgIpc) is 3.59. The van der Waals surface area contributed by atoms with Gasteiger partial charge in [0, 0.05) is 51.7 Å². The number of nitrogens with zero attached hydrogens (tertiary/aromatic N) is 2. The van der Waals surface area contributed by atoms with Crippen molar-refractivity contribution in [2.75, 3.05) is 4.90 Å². The molecule has 0 aliphatic heterocycles. The van der Waals surface area contributed by atoms with Crippen LogP contribution in [0.15, 0.2) is 199 Å². The Morgan fingerprint density at radius 3 is 1.83 bits per heavy atom. The van der Waals surface area contributed by atoms with Crippen LogP contribution in [0.1, 0.15) is 0 Å². The highest BCUT2D eigenvalue weighted by molar-refractivity contribution is 6.14. The van der Waals surface area contributed by atoms with Crippen molar-refractivity contribution in [1.82, 2.24) is 4.98 Å². The Balaban J connectivity index is 1.12. The van der Waals surface area contributed by atoms with Gasteiger partial charge < -0.3 is 9.32 Å². The van der Waals surface area contributed by atoms with E-state index in [9.17, 15) is 0 Å². The van der Waals surface area contributed by atoms with Crippen LogP contribution in [0.25, 0.3) is 87.3 Å². The number of rotatable bonds is 5. The smallest absolute Gasteiger partial charge is 0.137 e. The molecule has 0 saturated carbocycles. The van der Waals surface area contributed by atoms with Gasteiger partial charge in [0.15, 0.2) is 0 Å². The van der Waals surface area contributed by atoms with E-state index < -0.39 is 0 Å². The fraction of sp³-hybridized carbons (Fsp3) is 0. The molecule has 2 aromatic heterocycles. The van der Waals surface area contributed by atoms with Crippen molar-refractivity contribution in [3.8, 4) is 22.3 Å². The SMILES string of the molecule is c1cc(-c2cccc3ccccc23)cc(N(c2cccc(-c3cc4ccccc4c4ccccc34)c2)c2ccc3c(c2)oc2cc4cnccc4cc23)c1. The van der Waals surface area contributed by atoms with Crippen molar-refractivity contribution < 1.29 is 4.42 Å². The number of hydrogen-bond donors (Lipinski definition) is 0. The number of pyridine rings is 1. The van der Waals surface area contributed by atoms with Crippen LogP contribution in [-0.4, -0.2) is 4.98 Å². The molecule has 0 bridgehead atoms. The lowest BCUT2D eigenvalue weighted by molar-refractivity contribution is 0.669. The summed E-state index contributed by atoms with van der Waals surface area (Å²) in [6.07, 6.45) is 3.73. The van der Waals surface area contributed by atoms with Gasteiger partial charge in [0.05, 0.1) is 0 Å². The third kappa shape index (κ3) is 4.94. The van der Waals surface area contributed by atoms with E-state index in [2.05, 4.69) is 192 Å². The number of fused-ring (bicyclic) bond motifs is 8. The van der Waals surface area contributed by atoms with Crippen LogP contribution in [0, 0.1) is 0 Å². The summed E-state index contributed by atoms with van der Waals surface area (Å²) in [6, 6.07) is 65.7. The van der Waals surface area contributed by atoms with Crippen LogP contribution in [0.2, 0.25) is 0 Å². The summed E-state index contributed by atoms with van der Waals surface area (Å²) in [6.45, 7) is 0. The van der Waals surface area contributed by atoms with E-state index >= 15 is 0 Å². The molecule has 0 amide bonds. The Morgan fingerprint density at radius 1 is 0.352 bits per heavy atom. The van der Waals surface area contributed by atoms with Gasteiger partial charge in [-0.3, -0.25) is 4.98 Å². The van der Waals surface area contributed by atoms with Gasteiger partial charge in [-0.25, -0.2) is 0 Å². The number of hydrogen-bond acceptors (Lipinski definition) is 3. The van der Waals surface area contributed by atoms with Crippen molar-refractivity contribution in [2.24, 2.45) is 0 Å². The second-order valence-corrected chi connectivity index (χ2v) is 14.0. The molecule has 0 atom stereocenters. The average molecular weight is 689 g/mol. The van der Waals surface area contributed by atoms with Crippen LogP contribution in [0.4, 0.5) is 17.1 Å². The Bertz CT molecular complexity index is 3240. The molecule has 0 saturated heterocycles. The summed E-state index contributed by atoms with van der Waals surface area (Å²) >= 11 is 0. The van der Waals surface area contributed by atoms with E-state index in [1.165, 1.54) is 43.4 Å². The number of benzene rings is 9. The van der Waals surface area contributed by atoms with E-state index in [4.69, 9.17) is 4.42 Å². The third-order valence-corrected chi connectivity index (χ3v) is 10.9. The lowest BCUT2D eigenvalue weighted by atomic mass is 9.93. The molecule has 252 valence electrons. The maximum Gasteiger partial charge on any atom is 0.137 e. The molecule has 0 aliphatic carbocycles. The second kappa shape index (κ2) is 12.2. The molecule has 0 radical (unpaired) electrons. The predicted octanol–water partition coefficient (Wildman–Crippen LogP) is 14.4. The molecule has 0 N–H and O–H groups in total. The van der Waals surface area contributed by atoms with E-state index in [1.807, 2.05) is 12.4 Å². The largest absolute Gasteiger partial charge is 0.456 e. The predicted molar refractivity (Wildman–Crippen MR) is 227 cm³/mol. The summed E-state index contributed by atoms with van der Waals surface area (Å²) in [5, 5.41) is 11.9. The summed E-state index contributed by atoms with van der Waals surface area (Å²) in [4.78, 5) is 6.69. The molecule has 54 heavy (non-hydrogen) atoms. The van der Waals surface area contributed by atoms with E-state index in [0.29, 0.717) is 0 Å². The van der Waals surface area contributed by atoms with Crippen molar-refractivity contribution in [3.63, 3.8) is 0 Å². The molecule has 3 heteroatoms. The number of anilines is 3. The highest BCUT2D eigenvalue weighted by Crippen LogP contribution is 2.43. The minimum atomic E-state index is 0.845. The molecule has 0 spiro atoms. The summed E-state index contributed by atoms with van der Waals surface area (Å²) in [7, 11) is 0. The van der Waals surface area contributed by atoms with Gasteiger partial charge in [-0.1, -0.05) is 115 Å². The molecule has 3 nitrogen and oxygen atoms in total. The first-order valence-corrected chi connectivity index (χ1v) is 18.3. The monoisotopic (exact) mass is 688 g/mol. The lowest BCUT2D eigenvalue weighted by Crippen LogP contribution is -2.10. The molecule has 2 heterocycles. The molecule has 0 unspecified atom stereocenters. The topological polar surface area (TPSA) is 29.3 Å². The van der Waals surface area contributed by atoms with Gasteiger partial charge in [-0.15, -0.1) is 0 Å². The first-order chi connectivity index (χ1) is 26.7. The second-order valence-electron chi connectivity index (χ2n) is 14.0. The first kappa shape index (κ1) is 30.4. The molecule has 11 aromatic rings. The van der Waals surface area contributed by atoms with Gasteiger partial charge in [-0.2, -0.15) is 0 Å². The molecule has 0 fully saturated rings. The van der Waals surface area contributed by atoms with E-state index in [1.54, 1.807) is 0 Å². The Kier molecular flexibility index (Phi) is 6.86. The Morgan fingerprint density at radius 2 is 1.00 bits per heavy atom. The standard InChI is InChI=1S/C51H32N2O/c1-3-17-42-33(10-1)12-9-21-43(42)35-13-7-15-39(26-35)53(41-22-23-47-49-28-34-24-25-52-32-38(34)30-50(49)54-51(47)31-41)40-16-8-14-36(27-40)48-29-37-11-2-4-18-44(37)45-19-5-6-20-46(45)48/h1-32H. The lowest BCUT2D eigenvalue weighted by Gasteiger charge is -2.27. The van der Waals surface area contributed by atoms with E-state index in [0.717, 1.165) is 60.9 Å². The van der Waals surface area contributed by atoms with Crippen molar-refractivity contribution >= 4 is 82.1 Å². The molecule has 11 rings (SSSR count). The fourth-order valence-corrected chi connectivity index (χ4v) is 8.33. The molecular weight excluding hydrogens is 657 g/mol. The zero-order chi connectivity index (χ0) is 35.6. The van der Waals surface area contributed by atoms with Gasteiger partial charge in [0.1, 0.15) is 11.2 Å². The van der Waals surface area contributed by atoms with Crippen LogP contribution < -0.4 is 4.90 Å². The molecule has 0 aliphatic rings. The quantitative estimate of drug-likeness (QED) is 0.169. The van der Waals surface area contributed by atoms with Crippen molar-refractivity contribution in [2.45, 2.75) is 0 Å². The first-order valence-electron chi connectivity index (χ1n) is 18.3. The molecule has 9 aromatic carbocycles. The highest BCUT2D eigenvalue weighted by Gasteiger charge is 2.18. The zero-order valence-electron chi connectivity index (χ0n) is 29.3. The highest BCUT2D eigenvalue weighted by atomic mass is 16.3. The Labute approximate surface area is 312 Å². The van der Waals surface area contributed by atoms with Gasteiger partial charge in [-0.05, 0) is 121 Å². The van der Waals surface area contributed by atoms with Gasteiger partial charge in [0.25, 0.3) is 0 Å².